The molecule has 52 heavy (non-hydrogen) atoms. The van der Waals surface area contributed by atoms with E-state index in [1.165, 1.54) is 66.7 Å². The molecule has 0 radical (unpaired) electrons. The lowest BCUT2D eigenvalue weighted by Gasteiger charge is -2.45. The minimum Gasteiger partial charge on any atom is -0.311 e. The molecule has 0 aliphatic carbocycles. The highest BCUT2D eigenvalue weighted by molar-refractivity contribution is 7.01. The highest BCUT2D eigenvalue weighted by Gasteiger charge is 2.44. The monoisotopic (exact) mass is 665 g/mol. The average molecular weight is 666 g/mol. The van der Waals surface area contributed by atoms with Gasteiger partial charge in [0, 0.05) is 50.9 Å². The first-order chi connectivity index (χ1) is 25.7. The summed E-state index contributed by atoms with van der Waals surface area (Å²) in [5, 5.41) is 2.48. The second kappa shape index (κ2) is 12.1. The van der Waals surface area contributed by atoms with E-state index >= 15 is 0 Å². The van der Waals surface area contributed by atoms with Gasteiger partial charge in [-0.2, -0.15) is 0 Å². The van der Waals surface area contributed by atoms with Crippen molar-refractivity contribution in [2.24, 2.45) is 0 Å². The van der Waals surface area contributed by atoms with Crippen molar-refractivity contribution < 1.29 is 0 Å². The van der Waals surface area contributed by atoms with Gasteiger partial charge in [-0.05, 0) is 120 Å². The molecule has 2 aliphatic rings. The van der Waals surface area contributed by atoms with Crippen LogP contribution in [0.2, 0.25) is 0 Å². The van der Waals surface area contributed by atoms with Gasteiger partial charge in [-0.3, -0.25) is 0 Å². The van der Waals surface area contributed by atoms with Gasteiger partial charge in [0.1, 0.15) is 0 Å². The van der Waals surface area contributed by atoms with Crippen LogP contribution in [0.15, 0.2) is 182 Å². The number of nitrogens with zero attached hydrogens (tertiary/aromatic N) is 3. The number of hydrogen-bond acceptors (Lipinski definition) is 3. The molecule has 2 aliphatic heterocycles. The number of para-hydroxylation sites is 3. The van der Waals surface area contributed by atoms with E-state index in [1.807, 2.05) is 0 Å². The van der Waals surface area contributed by atoms with Gasteiger partial charge in [0.25, 0.3) is 6.71 Å². The van der Waals surface area contributed by atoms with E-state index in [9.17, 15) is 0 Å². The number of benzene rings is 8. The van der Waals surface area contributed by atoms with Crippen molar-refractivity contribution in [2.45, 2.75) is 13.8 Å². The average Bonchev–Trinajstić information content (AvgIpc) is 3.19. The predicted octanol–water partition coefficient (Wildman–Crippen LogP) is 11.0. The Kier molecular flexibility index (Phi) is 7.04. The summed E-state index contributed by atoms with van der Waals surface area (Å²) >= 11 is 0. The number of rotatable bonds is 5. The summed E-state index contributed by atoms with van der Waals surface area (Å²) in [7, 11) is 0. The molecule has 3 nitrogen and oxygen atoms in total. The van der Waals surface area contributed by atoms with E-state index in [4.69, 9.17) is 0 Å². The summed E-state index contributed by atoms with van der Waals surface area (Å²) in [6.45, 7) is 4.41. The van der Waals surface area contributed by atoms with Crippen LogP contribution in [0.5, 0.6) is 0 Å². The smallest absolute Gasteiger partial charge is 0.252 e. The van der Waals surface area contributed by atoms with Gasteiger partial charge >= 0.3 is 0 Å². The third-order valence-corrected chi connectivity index (χ3v) is 10.7. The molecular weight excluding hydrogens is 629 g/mol. The minimum absolute atomic E-state index is 0.0265. The quantitative estimate of drug-likeness (QED) is 0.169. The zero-order valence-corrected chi connectivity index (χ0v) is 29.2. The summed E-state index contributed by atoms with van der Waals surface area (Å²) in [5.74, 6) is 0. The summed E-state index contributed by atoms with van der Waals surface area (Å²) in [5.41, 5.74) is 17.0. The molecule has 0 atom stereocenters. The topological polar surface area (TPSA) is 9.72 Å². The van der Waals surface area contributed by atoms with Crippen LogP contribution in [0.4, 0.5) is 51.2 Å². The Morgan fingerprint density at radius 3 is 1.63 bits per heavy atom. The molecule has 0 bridgehead atoms. The number of hydrogen-bond donors (Lipinski definition) is 0. The second-order valence-electron chi connectivity index (χ2n) is 13.9. The maximum absolute atomic E-state index is 2.50. The summed E-state index contributed by atoms with van der Waals surface area (Å²) in [4.78, 5) is 7.40. The first-order valence-corrected chi connectivity index (χ1v) is 18.1. The van der Waals surface area contributed by atoms with Crippen molar-refractivity contribution in [3.05, 3.63) is 193 Å². The number of anilines is 9. The molecule has 0 unspecified atom stereocenters. The van der Waals surface area contributed by atoms with Gasteiger partial charge in [0.2, 0.25) is 0 Å². The molecule has 0 N–H and O–H groups in total. The SMILES string of the molecule is Cc1cccc(N2c3cc(C)ccc3B3c4c2cccc4N(c2ccccc2)c2cc(N(c4ccccc4)c4ccccc4)c4ccccc4c23)c1. The van der Waals surface area contributed by atoms with Gasteiger partial charge in [0.15, 0.2) is 0 Å². The Morgan fingerprint density at radius 1 is 0.404 bits per heavy atom. The molecule has 0 spiro atoms. The first kappa shape index (κ1) is 30.3. The van der Waals surface area contributed by atoms with Crippen LogP contribution in [0.25, 0.3) is 10.8 Å². The second-order valence-corrected chi connectivity index (χ2v) is 13.9. The zero-order chi connectivity index (χ0) is 34.8. The highest BCUT2D eigenvalue weighted by Crippen LogP contribution is 2.48. The fraction of sp³-hybridized carbons (Fsp3) is 0.0417. The Morgan fingerprint density at radius 2 is 0.962 bits per heavy atom. The molecule has 246 valence electrons. The maximum atomic E-state index is 2.50. The van der Waals surface area contributed by atoms with Gasteiger partial charge in [-0.15, -0.1) is 0 Å². The Bertz CT molecular complexity index is 2580. The Labute approximate surface area is 305 Å². The van der Waals surface area contributed by atoms with Gasteiger partial charge in [-0.1, -0.05) is 109 Å². The molecule has 0 saturated carbocycles. The minimum atomic E-state index is 0.0265. The zero-order valence-electron chi connectivity index (χ0n) is 29.2. The van der Waals surface area contributed by atoms with E-state index < -0.39 is 0 Å². The van der Waals surface area contributed by atoms with Crippen molar-refractivity contribution >= 4 is 85.1 Å². The largest absolute Gasteiger partial charge is 0.311 e. The molecule has 10 rings (SSSR count). The lowest BCUT2D eigenvalue weighted by molar-refractivity contribution is 1.24. The summed E-state index contributed by atoms with van der Waals surface area (Å²) in [6.07, 6.45) is 0. The van der Waals surface area contributed by atoms with E-state index in [-0.39, 0.29) is 6.71 Å². The van der Waals surface area contributed by atoms with Crippen LogP contribution in [0, 0.1) is 13.8 Å². The normalized spacial score (nSPS) is 12.7. The molecule has 0 fully saturated rings. The summed E-state index contributed by atoms with van der Waals surface area (Å²) in [6, 6.07) is 66.7. The van der Waals surface area contributed by atoms with Crippen LogP contribution in [-0.2, 0) is 0 Å². The standard InChI is InChI=1S/C48H36BN3/c1-33-16-14-23-38(30-33)52-43-27-15-26-42-48(43)49(41-29-28-34(2)31-45(41)52)47-40-25-13-12-24-39(40)44(32-46(47)51(42)37-21-10-5-11-22-37)50(35-17-6-3-7-18-35)36-19-8-4-9-20-36/h3-32H,1-2H3. The van der Waals surface area contributed by atoms with Crippen LogP contribution in [-0.4, -0.2) is 6.71 Å². The fourth-order valence-corrected chi connectivity index (χ4v) is 8.55. The van der Waals surface area contributed by atoms with Crippen molar-refractivity contribution in [1.29, 1.82) is 0 Å². The van der Waals surface area contributed by atoms with Crippen LogP contribution in [0.3, 0.4) is 0 Å². The van der Waals surface area contributed by atoms with E-state index in [2.05, 4.69) is 211 Å². The molecule has 2 heterocycles. The van der Waals surface area contributed by atoms with Crippen LogP contribution >= 0.6 is 0 Å². The van der Waals surface area contributed by atoms with E-state index in [1.54, 1.807) is 0 Å². The molecule has 0 saturated heterocycles. The molecule has 0 aromatic heterocycles. The third-order valence-electron chi connectivity index (χ3n) is 10.7. The highest BCUT2D eigenvalue weighted by atomic mass is 15.2. The lowest BCUT2D eigenvalue weighted by atomic mass is 9.33. The van der Waals surface area contributed by atoms with Crippen molar-refractivity contribution in [3.63, 3.8) is 0 Å². The summed E-state index contributed by atoms with van der Waals surface area (Å²) < 4.78 is 0. The van der Waals surface area contributed by atoms with Crippen LogP contribution in [0.1, 0.15) is 11.1 Å². The molecule has 4 heteroatoms. The van der Waals surface area contributed by atoms with Gasteiger partial charge < -0.3 is 14.7 Å². The molecule has 8 aromatic carbocycles. The fourth-order valence-electron chi connectivity index (χ4n) is 8.55. The Hall–Kier alpha value is -6.52. The maximum Gasteiger partial charge on any atom is 0.252 e. The first-order valence-electron chi connectivity index (χ1n) is 18.1. The van der Waals surface area contributed by atoms with Crippen molar-refractivity contribution in [2.75, 3.05) is 14.7 Å². The Balaban J connectivity index is 1.34. The molecule has 0 amide bonds. The van der Waals surface area contributed by atoms with Crippen LogP contribution < -0.4 is 31.1 Å². The number of fused-ring (bicyclic) bond motifs is 6. The van der Waals surface area contributed by atoms with Crippen molar-refractivity contribution in [3.8, 4) is 0 Å². The third kappa shape index (κ3) is 4.68. The van der Waals surface area contributed by atoms with Gasteiger partial charge in [0.05, 0.1) is 5.69 Å². The lowest BCUT2D eigenvalue weighted by Crippen LogP contribution is -2.61. The number of aryl methyl sites for hydroxylation is 2. The van der Waals surface area contributed by atoms with Gasteiger partial charge in [-0.25, -0.2) is 0 Å². The molecule has 8 aromatic rings. The predicted molar refractivity (Wildman–Crippen MR) is 222 cm³/mol. The van der Waals surface area contributed by atoms with E-state index in [0.29, 0.717) is 0 Å². The van der Waals surface area contributed by atoms with E-state index in [0.717, 1.165) is 22.7 Å². The van der Waals surface area contributed by atoms with Crippen molar-refractivity contribution in [1.82, 2.24) is 0 Å². The molecular formula is C48H36BN3.